The molecule has 29 heavy (non-hydrogen) atoms. The summed E-state index contributed by atoms with van der Waals surface area (Å²) < 4.78 is 27.1. The minimum absolute atomic E-state index is 0.0456. The minimum atomic E-state index is -3.64. The fraction of sp³-hybridized carbons (Fsp3) is 0.364. The molecule has 0 N–H and O–H groups in total. The molecular weight excluding hydrogens is 388 g/mol. The zero-order chi connectivity index (χ0) is 21.0. The van der Waals surface area contributed by atoms with E-state index in [2.05, 4.69) is 0 Å². The zero-order valence-electron chi connectivity index (χ0n) is 16.7. The number of hydrogen-bond acceptors (Lipinski definition) is 4. The maximum Gasteiger partial charge on any atom is 0.243 e. The normalized spacial score (nSPS) is 16.4. The van der Waals surface area contributed by atoms with Crippen LogP contribution in [0.1, 0.15) is 42.1 Å². The summed E-state index contributed by atoms with van der Waals surface area (Å²) in [6, 6.07) is 15.9. The molecule has 0 bridgehead atoms. The van der Waals surface area contributed by atoms with Gasteiger partial charge in [-0.15, -0.1) is 0 Å². The number of nitrogens with zero attached hydrogens (tertiary/aromatic N) is 2. The lowest BCUT2D eigenvalue weighted by atomic mass is 9.97. The summed E-state index contributed by atoms with van der Waals surface area (Å²) in [6.07, 6.45) is 0.406. The molecule has 6 nitrogen and oxygen atoms in total. The predicted octanol–water partition coefficient (Wildman–Crippen LogP) is 2.92. The Balaban J connectivity index is 1.59. The highest BCUT2D eigenvalue weighted by atomic mass is 32.2. The molecule has 0 aromatic heterocycles. The number of carbonyl (C=O) groups excluding carboxylic acids is 2. The summed E-state index contributed by atoms with van der Waals surface area (Å²) in [4.78, 5) is 25.9. The molecule has 1 atom stereocenters. The zero-order valence-corrected chi connectivity index (χ0v) is 17.6. The first kappa shape index (κ1) is 21.2. The van der Waals surface area contributed by atoms with Crippen molar-refractivity contribution in [2.24, 2.45) is 0 Å². The molecule has 1 aliphatic rings. The Labute approximate surface area is 172 Å². The van der Waals surface area contributed by atoms with Crippen LogP contribution in [0.2, 0.25) is 0 Å². The second kappa shape index (κ2) is 8.88. The molecule has 7 heteroatoms. The summed E-state index contributed by atoms with van der Waals surface area (Å²) in [5.41, 5.74) is 1.60. The van der Waals surface area contributed by atoms with Crippen LogP contribution in [0, 0.1) is 0 Å². The number of rotatable bonds is 6. The third-order valence-electron chi connectivity index (χ3n) is 5.34. The van der Waals surface area contributed by atoms with Crippen molar-refractivity contribution < 1.29 is 18.0 Å². The van der Waals surface area contributed by atoms with Gasteiger partial charge in [-0.25, -0.2) is 8.42 Å². The molecule has 2 aromatic rings. The SMILES string of the molecule is CC(=O)c1ccc(S(=O)(=O)N2CCN(C(=O)CC(C)c3ccccc3)CC2)cc1. The number of piperazine rings is 1. The Bertz CT molecular complexity index is 964. The molecule has 0 spiro atoms. The lowest BCUT2D eigenvalue weighted by Crippen LogP contribution is -2.50. The van der Waals surface area contributed by atoms with E-state index in [0.29, 0.717) is 25.1 Å². The van der Waals surface area contributed by atoms with Gasteiger partial charge in [0.05, 0.1) is 4.90 Å². The molecule has 1 amide bonds. The van der Waals surface area contributed by atoms with Crippen molar-refractivity contribution in [1.29, 1.82) is 0 Å². The van der Waals surface area contributed by atoms with E-state index in [9.17, 15) is 18.0 Å². The van der Waals surface area contributed by atoms with Crippen molar-refractivity contribution in [3.05, 3.63) is 65.7 Å². The molecule has 0 radical (unpaired) electrons. The van der Waals surface area contributed by atoms with Crippen LogP contribution in [-0.4, -0.2) is 55.5 Å². The van der Waals surface area contributed by atoms with Crippen LogP contribution < -0.4 is 0 Å². The fourth-order valence-corrected chi connectivity index (χ4v) is 4.90. The number of carbonyl (C=O) groups is 2. The second-order valence-electron chi connectivity index (χ2n) is 7.38. The van der Waals surface area contributed by atoms with Crippen LogP contribution in [0.3, 0.4) is 0 Å². The van der Waals surface area contributed by atoms with E-state index in [0.717, 1.165) is 5.56 Å². The number of amides is 1. The van der Waals surface area contributed by atoms with E-state index in [1.807, 2.05) is 37.3 Å². The summed E-state index contributed by atoms with van der Waals surface area (Å²) >= 11 is 0. The van der Waals surface area contributed by atoms with Crippen molar-refractivity contribution in [3.63, 3.8) is 0 Å². The Morgan fingerprint density at radius 3 is 2.07 bits per heavy atom. The first-order valence-electron chi connectivity index (χ1n) is 9.73. The Hall–Kier alpha value is -2.51. The van der Waals surface area contributed by atoms with Crippen molar-refractivity contribution in [1.82, 2.24) is 9.21 Å². The van der Waals surface area contributed by atoms with Gasteiger partial charge in [0.2, 0.25) is 15.9 Å². The lowest BCUT2D eigenvalue weighted by Gasteiger charge is -2.34. The van der Waals surface area contributed by atoms with Gasteiger partial charge in [0, 0.05) is 38.2 Å². The van der Waals surface area contributed by atoms with E-state index >= 15 is 0 Å². The van der Waals surface area contributed by atoms with E-state index in [4.69, 9.17) is 0 Å². The third kappa shape index (κ3) is 4.92. The van der Waals surface area contributed by atoms with Crippen LogP contribution in [0.4, 0.5) is 0 Å². The predicted molar refractivity (Wildman–Crippen MR) is 111 cm³/mol. The molecule has 1 fully saturated rings. The molecule has 0 saturated carbocycles. The quantitative estimate of drug-likeness (QED) is 0.681. The standard InChI is InChI=1S/C22H26N2O4S/c1-17(19-6-4-3-5-7-19)16-22(26)23-12-14-24(15-13-23)29(27,28)21-10-8-20(9-11-21)18(2)25/h3-11,17H,12-16H2,1-2H3. The molecule has 0 aliphatic carbocycles. The molecule has 1 heterocycles. The third-order valence-corrected chi connectivity index (χ3v) is 7.25. The van der Waals surface area contributed by atoms with Crippen LogP contribution in [0.25, 0.3) is 0 Å². The van der Waals surface area contributed by atoms with E-state index < -0.39 is 10.0 Å². The lowest BCUT2D eigenvalue weighted by molar-refractivity contribution is -0.132. The smallest absolute Gasteiger partial charge is 0.243 e. The Morgan fingerprint density at radius 2 is 1.52 bits per heavy atom. The molecular formula is C22H26N2O4S. The Morgan fingerprint density at radius 1 is 0.931 bits per heavy atom. The highest BCUT2D eigenvalue weighted by Crippen LogP contribution is 2.22. The first-order chi connectivity index (χ1) is 13.8. The Kier molecular flexibility index (Phi) is 6.49. The molecule has 1 aliphatic heterocycles. The summed E-state index contributed by atoms with van der Waals surface area (Å²) in [7, 11) is -3.64. The van der Waals surface area contributed by atoms with E-state index in [1.165, 1.54) is 35.5 Å². The molecule has 1 unspecified atom stereocenters. The number of sulfonamides is 1. The monoisotopic (exact) mass is 414 g/mol. The first-order valence-corrected chi connectivity index (χ1v) is 11.2. The molecule has 2 aromatic carbocycles. The number of ketones is 1. The maximum absolute atomic E-state index is 12.8. The van der Waals surface area contributed by atoms with Gasteiger partial charge < -0.3 is 4.90 Å². The second-order valence-corrected chi connectivity index (χ2v) is 9.32. The van der Waals surface area contributed by atoms with Crippen molar-refractivity contribution in [2.75, 3.05) is 26.2 Å². The topological polar surface area (TPSA) is 74.8 Å². The van der Waals surface area contributed by atoms with Crippen LogP contribution in [-0.2, 0) is 14.8 Å². The van der Waals surface area contributed by atoms with Gasteiger partial charge in [-0.1, -0.05) is 49.4 Å². The van der Waals surface area contributed by atoms with Crippen LogP contribution in [0.15, 0.2) is 59.5 Å². The summed E-state index contributed by atoms with van der Waals surface area (Å²) in [5, 5.41) is 0. The molecule has 1 saturated heterocycles. The van der Waals surface area contributed by atoms with Gasteiger partial charge in [0.25, 0.3) is 0 Å². The van der Waals surface area contributed by atoms with Crippen LogP contribution in [0.5, 0.6) is 0 Å². The van der Waals surface area contributed by atoms with Crippen molar-refractivity contribution in [2.45, 2.75) is 31.1 Å². The van der Waals surface area contributed by atoms with Gasteiger partial charge in [0.1, 0.15) is 0 Å². The van der Waals surface area contributed by atoms with Gasteiger partial charge in [0.15, 0.2) is 5.78 Å². The summed E-state index contributed by atoms with van der Waals surface area (Å²) in [5.74, 6) is 0.0558. The number of Topliss-reactive ketones (excluding diaryl/α,β-unsaturated/α-hetero) is 1. The molecule has 3 rings (SSSR count). The fourth-order valence-electron chi connectivity index (χ4n) is 3.48. The minimum Gasteiger partial charge on any atom is -0.340 e. The average Bonchev–Trinajstić information content (AvgIpc) is 2.74. The average molecular weight is 415 g/mol. The number of benzene rings is 2. The highest BCUT2D eigenvalue weighted by molar-refractivity contribution is 7.89. The van der Waals surface area contributed by atoms with E-state index in [1.54, 1.807) is 4.90 Å². The highest BCUT2D eigenvalue weighted by Gasteiger charge is 2.30. The van der Waals surface area contributed by atoms with Crippen molar-refractivity contribution in [3.8, 4) is 0 Å². The summed E-state index contributed by atoms with van der Waals surface area (Å²) in [6.45, 7) is 4.76. The van der Waals surface area contributed by atoms with Gasteiger partial charge in [-0.05, 0) is 30.5 Å². The maximum atomic E-state index is 12.8. The van der Waals surface area contributed by atoms with Gasteiger partial charge in [-0.2, -0.15) is 4.31 Å². The van der Waals surface area contributed by atoms with Crippen molar-refractivity contribution >= 4 is 21.7 Å². The largest absolute Gasteiger partial charge is 0.340 e. The van der Waals surface area contributed by atoms with Crippen LogP contribution >= 0.6 is 0 Å². The molecule has 154 valence electrons. The number of hydrogen-bond donors (Lipinski definition) is 0. The van der Waals surface area contributed by atoms with Gasteiger partial charge in [-0.3, -0.25) is 9.59 Å². The van der Waals surface area contributed by atoms with Gasteiger partial charge >= 0.3 is 0 Å². The van der Waals surface area contributed by atoms with E-state index in [-0.39, 0.29) is 35.6 Å².